The van der Waals surface area contributed by atoms with Crippen molar-refractivity contribution in [2.24, 2.45) is 10.4 Å². The normalized spacial score (nSPS) is 16.1. The Kier molecular flexibility index (Phi) is 7.95. The minimum absolute atomic E-state index is 0.197. The highest BCUT2D eigenvalue weighted by Gasteiger charge is 2.41. The van der Waals surface area contributed by atoms with Gasteiger partial charge in [0.05, 0.1) is 18.5 Å². The highest BCUT2D eigenvalue weighted by atomic mass is 16.5. The van der Waals surface area contributed by atoms with E-state index in [2.05, 4.69) is 23.6 Å². The molecule has 2 N–H and O–H groups in total. The zero-order valence-electron chi connectivity index (χ0n) is 17.2. The fourth-order valence-corrected chi connectivity index (χ4v) is 3.58. The summed E-state index contributed by atoms with van der Waals surface area (Å²) in [5.74, 6) is 1.81. The van der Waals surface area contributed by atoms with E-state index in [0.29, 0.717) is 19.7 Å². The molecule has 27 heavy (non-hydrogen) atoms. The van der Waals surface area contributed by atoms with Gasteiger partial charge in [0, 0.05) is 20.6 Å². The molecule has 1 aliphatic carbocycles. The Morgan fingerprint density at radius 3 is 2.63 bits per heavy atom. The molecule has 0 heterocycles. The largest absolute Gasteiger partial charge is 0.492 e. The van der Waals surface area contributed by atoms with Crippen LogP contribution >= 0.6 is 0 Å². The maximum atomic E-state index is 12.7. The Hall–Kier alpha value is -2.24. The van der Waals surface area contributed by atoms with Crippen molar-refractivity contribution in [2.45, 2.75) is 39.5 Å². The molecule has 1 fully saturated rings. The number of ether oxygens (including phenoxy) is 1. The lowest BCUT2D eigenvalue weighted by Crippen LogP contribution is -2.43. The summed E-state index contributed by atoms with van der Waals surface area (Å²) >= 11 is 0. The second-order valence-corrected chi connectivity index (χ2v) is 7.47. The Morgan fingerprint density at radius 2 is 2.00 bits per heavy atom. The number of guanidine groups is 1. The summed E-state index contributed by atoms with van der Waals surface area (Å²) in [6.07, 6.45) is 4.04. The SMILES string of the molecule is CCNC(=NCC1(C(=O)N(C)C)CCCC1)NCCOc1cccc(C)c1. The van der Waals surface area contributed by atoms with Crippen LogP contribution in [0.2, 0.25) is 0 Å². The van der Waals surface area contributed by atoms with E-state index in [4.69, 9.17) is 9.73 Å². The maximum Gasteiger partial charge on any atom is 0.230 e. The number of hydrogen-bond donors (Lipinski definition) is 2. The number of amides is 1. The van der Waals surface area contributed by atoms with Crippen LogP contribution < -0.4 is 15.4 Å². The highest BCUT2D eigenvalue weighted by Crippen LogP contribution is 2.39. The molecule has 1 amide bonds. The molecule has 1 aliphatic rings. The molecule has 1 aromatic carbocycles. The van der Waals surface area contributed by atoms with E-state index < -0.39 is 0 Å². The third kappa shape index (κ3) is 6.15. The van der Waals surface area contributed by atoms with Crippen LogP contribution in [0.15, 0.2) is 29.3 Å². The smallest absolute Gasteiger partial charge is 0.230 e. The molecular formula is C21H34N4O2. The molecule has 6 heteroatoms. The molecule has 0 unspecified atom stereocenters. The van der Waals surface area contributed by atoms with Crippen molar-refractivity contribution in [3.05, 3.63) is 29.8 Å². The van der Waals surface area contributed by atoms with Gasteiger partial charge in [-0.1, -0.05) is 25.0 Å². The van der Waals surface area contributed by atoms with Gasteiger partial charge in [0.15, 0.2) is 5.96 Å². The van der Waals surface area contributed by atoms with Crippen LogP contribution in [-0.2, 0) is 4.79 Å². The predicted octanol–water partition coefficient (Wildman–Crippen LogP) is 2.58. The van der Waals surface area contributed by atoms with Gasteiger partial charge in [-0.15, -0.1) is 0 Å². The number of carbonyl (C=O) groups is 1. The van der Waals surface area contributed by atoms with Gasteiger partial charge in [-0.2, -0.15) is 0 Å². The summed E-state index contributed by atoms with van der Waals surface area (Å²) in [5, 5.41) is 6.56. The van der Waals surface area contributed by atoms with Crippen LogP contribution in [0.25, 0.3) is 0 Å². The monoisotopic (exact) mass is 374 g/mol. The fourth-order valence-electron chi connectivity index (χ4n) is 3.58. The van der Waals surface area contributed by atoms with E-state index in [1.807, 2.05) is 39.2 Å². The van der Waals surface area contributed by atoms with Crippen molar-refractivity contribution in [2.75, 3.05) is 40.3 Å². The Bertz CT molecular complexity index is 637. The second-order valence-electron chi connectivity index (χ2n) is 7.47. The lowest BCUT2D eigenvalue weighted by atomic mass is 9.85. The molecular weight excluding hydrogens is 340 g/mol. The molecule has 0 aromatic heterocycles. The Morgan fingerprint density at radius 1 is 1.26 bits per heavy atom. The number of nitrogens with zero attached hydrogens (tertiary/aromatic N) is 2. The lowest BCUT2D eigenvalue weighted by Gasteiger charge is -2.29. The molecule has 0 saturated heterocycles. The number of benzene rings is 1. The first-order chi connectivity index (χ1) is 13.0. The second kappa shape index (κ2) is 10.2. The lowest BCUT2D eigenvalue weighted by molar-refractivity contribution is -0.138. The van der Waals surface area contributed by atoms with E-state index in [1.54, 1.807) is 4.90 Å². The number of nitrogens with one attached hydrogen (secondary N) is 2. The summed E-state index contributed by atoms with van der Waals surface area (Å²) < 4.78 is 5.78. The average molecular weight is 375 g/mol. The summed E-state index contributed by atoms with van der Waals surface area (Å²) in [6.45, 7) is 6.59. The summed E-state index contributed by atoms with van der Waals surface area (Å²) in [5.41, 5.74) is 0.840. The maximum absolute atomic E-state index is 12.7. The minimum atomic E-state index is -0.343. The molecule has 0 radical (unpaired) electrons. The zero-order chi connectivity index (χ0) is 19.7. The van der Waals surface area contributed by atoms with Crippen LogP contribution in [0, 0.1) is 12.3 Å². The van der Waals surface area contributed by atoms with Gasteiger partial charge in [0.2, 0.25) is 5.91 Å². The molecule has 0 spiro atoms. The standard InChI is InChI=1S/C21H34N4O2/c1-5-22-20(23-13-14-27-18-10-8-9-17(2)15-18)24-16-21(11-6-7-12-21)19(26)25(3)4/h8-10,15H,5-7,11-14,16H2,1-4H3,(H2,22,23,24). The van der Waals surface area contributed by atoms with Crippen molar-refractivity contribution in [3.63, 3.8) is 0 Å². The summed E-state index contributed by atoms with van der Waals surface area (Å²) in [4.78, 5) is 19.1. The van der Waals surface area contributed by atoms with Crippen LogP contribution in [-0.4, -0.2) is 57.1 Å². The van der Waals surface area contributed by atoms with E-state index in [-0.39, 0.29) is 11.3 Å². The third-order valence-corrected chi connectivity index (χ3v) is 4.96. The van der Waals surface area contributed by atoms with Crippen molar-refractivity contribution in [3.8, 4) is 5.75 Å². The molecule has 0 bridgehead atoms. The minimum Gasteiger partial charge on any atom is -0.492 e. The number of aliphatic imine (C=N–C) groups is 1. The average Bonchev–Trinajstić information content (AvgIpc) is 3.12. The fraction of sp³-hybridized carbons (Fsp3) is 0.619. The van der Waals surface area contributed by atoms with Gasteiger partial charge in [-0.05, 0) is 44.4 Å². The van der Waals surface area contributed by atoms with Gasteiger partial charge in [-0.25, -0.2) is 0 Å². The number of hydrogen-bond acceptors (Lipinski definition) is 3. The van der Waals surface area contributed by atoms with E-state index in [1.165, 1.54) is 5.56 Å². The number of aryl methyl sites for hydroxylation is 1. The third-order valence-electron chi connectivity index (χ3n) is 4.96. The number of carbonyl (C=O) groups excluding carboxylic acids is 1. The van der Waals surface area contributed by atoms with Gasteiger partial charge in [0.25, 0.3) is 0 Å². The molecule has 0 aliphatic heterocycles. The Labute approximate surface area is 163 Å². The highest BCUT2D eigenvalue weighted by molar-refractivity contribution is 5.84. The quantitative estimate of drug-likeness (QED) is 0.417. The first-order valence-electron chi connectivity index (χ1n) is 9.90. The molecule has 1 saturated carbocycles. The van der Waals surface area contributed by atoms with Gasteiger partial charge >= 0.3 is 0 Å². The Balaban J connectivity index is 1.90. The van der Waals surface area contributed by atoms with Crippen molar-refractivity contribution in [1.82, 2.24) is 15.5 Å². The van der Waals surface area contributed by atoms with Crippen molar-refractivity contribution in [1.29, 1.82) is 0 Å². The van der Waals surface area contributed by atoms with E-state index in [0.717, 1.165) is 43.9 Å². The van der Waals surface area contributed by atoms with Gasteiger partial charge in [0.1, 0.15) is 12.4 Å². The molecule has 1 aromatic rings. The molecule has 150 valence electrons. The molecule has 6 nitrogen and oxygen atoms in total. The summed E-state index contributed by atoms with van der Waals surface area (Å²) in [6, 6.07) is 8.03. The van der Waals surface area contributed by atoms with Crippen LogP contribution in [0.5, 0.6) is 5.75 Å². The van der Waals surface area contributed by atoms with Gasteiger partial charge in [-0.3, -0.25) is 9.79 Å². The van der Waals surface area contributed by atoms with Crippen LogP contribution in [0.1, 0.15) is 38.2 Å². The molecule has 0 atom stereocenters. The number of rotatable bonds is 8. The van der Waals surface area contributed by atoms with Crippen LogP contribution in [0.4, 0.5) is 0 Å². The topological polar surface area (TPSA) is 66.0 Å². The van der Waals surface area contributed by atoms with Crippen LogP contribution in [0.3, 0.4) is 0 Å². The first-order valence-corrected chi connectivity index (χ1v) is 9.90. The molecule has 2 rings (SSSR count). The van der Waals surface area contributed by atoms with Crippen molar-refractivity contribution < 1.29 is 9.53 Å². The summed E-state index contributed by atoms with van der Waals surface area (Å²) in [7, 11) is 3.66. The van der Waals surface area contributed by atoms with E-state index in [9.17, 15) is 4.79 Å². The predicted molar refractivity (Wildman–Crippen MR) is 110 cm³/mol. The zero-order valence-corrected chi connectivity index (χ0v) is 17.2. The first kappa shape index (κ1) is 21.1. The van der Waals surface area contributed by atoms with Gasteiger partial charge < -0.3 is 20.3 Å². The van der Waals surface area contributed by atoms with E-state index >= 15 is 0 Å². The van der Waals surface area contributed by atoms with Crippen molar-refractivity contribution >= 4 is 11.9 Å².